The van der Waals surface area contributed by atoms with Gasteiger partial charge in [0.2, 0.25) is 0 Å². The number of nitrogens with zero attached hydrogens (tertiary/aromatic N) is 2. The summed E-state index contributed by atoms with van der Waals surface area (Å²) in [5.41, 5.74) is 8.03. The first-order valence-corrected chi connectivity index (χ1v) is 6.58. The summed E-state index contributed by atoms with van der Waals surface area (Å²) in [5, 5.41) is 0. The molecule has 0 radical (unpaired) electrons. The van der Waals surface area contributed by atoms with Crippen molar-refractivity contribution in [3.63, 3.8) is 0 Å². The largest absolute Gasteiger partial charge is 0.397 e. The molecule has 0 bridgehead atoms. The molecule has 3 nitrogen and oxygen atoms in total. The highest BCUT2D eigenvalue weighted by molar-refractivity contribution is 5.51. The van der Waals surface area contributed by atoms with Gasteiger partial charge in [0, 0.05) is 13.1 Å². The molecule has 1 aliphatic rings. The smallest absolute Gasteiger partial charge is 0.128 e. The third kappa shape index (κ3) is 2.24. The molecule has 0 amide bonds. The zero-order valence-corrected chi connectivity index (χ0v) is 11.2. The second-order valence-corrected chi connectivity index (χ2v) is 5.22. The SMILES string of the molecule is CCC1(CC)CCN(c2ccc(N)c(C)n2)C1. The average Bonchev–Trinajstić information content (AvgIpc) is 2.78. The standard InChI is InChI=1S/C14H23N3/c1-4-14(5-2)8-9-17(10-14)13-7-6-12(15)11(3)16-13/h6-7H,4-5,8-10,15H2,1-3H3. The van der Waals surface area contributed by atoms with Crippen LogP contribution in [0, 0.1) is 12.3 Å². The number of hydrogen-bond donors (Lipinski definition) is 1. The number of aromatic nitrogens is 1. The van der Waals surface area contributed by atoms with Crippen LogP contribution in [0.3, 0.4) is 0 Å². The quantitative estimate of drug-likeness (QED) is 0.872. The maximum absolute atomic E-state index is 5.81. The zero-order chi connectivity index (χ0) is 12.5. The number of nitrogens with two attached hydrogens (primary N) is 1. The third-order valence-electron chi connectivity index (χ3n) is 4.37. The number of aryl methyl sites for hydroxylation is 1. The van der Waals surface area contributed by atoms with Crippen molar-refractivity contribution in [1.29, 1.82) is 0 Å². The average molecular weight is 233 g/mol. The van der Waals surface area contributed by atoms with Gasteiger partial charge in [-0.15, -0.1) is 0 Å². The van der Waals surface area contributed by atoms with Crippen LogP contribution in [0.2, 0.25) is 0 Å². The molecule has 2 N–H and O–H groups in total. The first-order valence-electron chi connectivity index (χ1n) is 6.58. The molecule has 0 saturated carbocycles. The molecule has 0 aromatic carbocycles. The Morgan fingerprint density at radius 1 is 1.35 bits per heavy atom. The van der Waals surface area contributed by atoms with Gasteiger partial charge in [0.25, 0.3) is 0 Å². The molecule has 2 rings (SSSR count). The van der Waals surface area contributed by atoms with Crippen LogP contribution >= 0.6 is 0 Å². The fourth-order valence-corrected chi connectivity index (χ4v) is 2.69. The molecule has 3 heteroatoms. The molecule has 1 aromatic rings. The lowest BCUT2D eigenvalue weighted by molar-refractivity contribution is 0.301. The third-order valence-corrected chi connectivity index (χ3v) is 4.37. The summed E-state index contributed by atoms with van der Waals surface area (Å²) in [6.45, 7) is 8.83. The lowest BCUT2D eigenvalue weighted by Crippen LogP contribution is -2.26. The van der Waals surface area contributed by atoms with Crippen LogP contribution in [0.25, 0.3) is 0 Å². The molecule has 0 unspecified atom stereocenters. The minimum absolute atomic E-state index is 0.497. The Hall–Kier alpha value is -1.25. The maximum Gasteiger partial charge on any atom is 0.128 e. The first kappa shape index (κ1) is 12.2. The van der Waals surface area contributed by atoms with Crippen molar-refractivity contribution in [2.45, 2.75) is 40.0 Å². The molecule has 1 saturated heterocycles. The van der Waals surface area contributed by atoms with Crippen molar-refractivity contribution in [2.75, 3.05) is 23.7 Å². The summed E-state index contributed by atoms with van der Waals surface area (Å²) in [7, 11) is 0. The molecule has 17 heavy (non-hydrogen) atoms. The fourth-order valence-electron chi connectivity index (χ4n) is 2.69. The van der Waals surface area contributed by atoms with Crippen molar-refractivity contribution >= 4 is 11.5 Å². The summed E-state index contributed by atoms with van der Waals surface area (Å²) in [5.74, 6) is 1.08. The highest BCUT2D eigenvalue weighted by Gasteiger charge is 2.35. The van der Waals surface area contributed by atoms with Crippen LogP contribution in [0.15, 0.2) is 12.1 Å². The van der Waals surface area contributed by atoms with Crippen molar-refractivity contribution < 1.29 is 0 Å². The monoisotopic (exact) mass is 233 g/mol. The van der Waals surface area contributed by atoms with Crippen molar-refractivity contribution in [1.82, 2.24) is 4.98 Å². The second kappa shape index (κ2) is 4.55. The van der Waals surface area contributed by atoms with Crippen LogP contribution in [0.5, 0.6) is 0 Å². The van der Waals surface area contributed by atoms with Gasteiger partial charge in [-0.1, -0.05) is 13.8 Å². The van der Waals surface area contributed by atoms with Gasteiger partial charge in [-0.05, 0) is 43.7 Å². The molecule has 0 spiro atoms. The Labute approximate surface area is 104 Å². The van der Waals surface area contributed by atoms with Gasteiger partial charge in [0.1, 0.15) is 5.82 Å². The summed E-state index contributed by atoms with van der Waals surface area (Å²) in [6.07, 6.45) is 3.80. The highest BCUT2D eigenvalue weighted by Crippen LogP contribution is 2.38. The number of pyridine rings is 1. The van der Waals surface area contributed by atoms with E-state index in [0.717, 1.165) is 30.3 Å². The van der Waals surface area contributed by atoms with E-state index in [9.17, 15) is 0 Å². The van der Waals surface area contributed by atoms with Crippen molar-refractivity contribution in [3.8, 4) is 0 Å². The lowest BCUT2D eigenvalue weighted by Gasteiger charge is -2.26. The van der Waals surface area contributed by atoms with Crippen LogP contribution in [-0.2, 0) is 0 Å². The molecule has 1 aromatic heterocycles. The van der Waals surface area contributed by atoms with Gasteiger partial charge in [-0.3, -0.25) is 0 Å². The van der Waals surface area contributed by atoms with Crippen LogP contribution in [0.4, 0.5) is 11.5 Å². The van der Waals surface area contributed by atoms with Crippen LogP contribution in [0.1, 0.15) is 38.8 Å². The summed E-state index contributed by atoms with van der Waals surface area (Å²) in [6, 6.07) is 4.01. The van der Waals surface area contributed by atoms with E-state index in [1.165, 1.54) is 19.3 Å². The molecule has 0 atom stereocenters. The van der Waals surface area contributed by atoms with Gasteiger partial charge < -0.3 is 10.6 Å². The van der Waals surface area contributed by atoms with Gasteiger partial charge in [-0.2, -0.15) is 0 Å². The van der Waals surface area contributed by atoms with Crippen molar-refractivity contribution in [3.05, 3.63) is 17.8 Å². The molecule has 94 valence electrons. The number of rotatable bonds is 3. The molecular weight excluding hydrogens is 210 g/mol. The Morgan fingerprint density at radius 2 is 2.06 bits per heavy atom. The molecule has 2 heterocycles. The highest BCUT2D eigenvalue weighted by atomic mass is 15.2. The van der Waals surface area contributed by atoms with E-state index in [-0.39, 0.29) is 0 Å². The summed E-state index contributed by atoms with van der Waals surface area (Å²) >= 11 is 0. The van der Waals surface area contributed by atoms with Gasteiger partial charge in [-0.25, -0.2) is 4.98 Å². The van der Waals surface area contributed by atoms with Crippen LogP contribution in [-0.4, -0.2) is 18.1 Å². The molecule has 1 aliphatic heterocycles. The molecular formula is C14H23N3. The fraction of sp³-hybridized carbons (Fsp3) is 0.643. The Bertz CT molecular complexity index is 396. The predicted molar refractivity (Wildman–Crippen MR) is 73.2 cm³/mol. The normalized spacial score (nSPS) is 18.6. The number of anilines is 2. The van der Waals surface area contributed by atoms with Gasteiger partial charge in [0.15, 0.2) is 0 Å². The lowest BCUT2D eigenvalue weighted by atomic mass is 9.82. The van der Waals surface area contributed by atoms with Gasteiger partial charge in [0.05, 0.1) is 11.4 Å². The summed E-state index contributed by atoms with van der Waals surface area (Å²) < 4.78 is 0. The second-order valence-electron chi connectivity index (χ2n) is 5.22. The Morgan fingerprint density at radius 3 is 2.59 bits per heavy atom. The predicted octanol–water partition coefficient (Wildman–Crippen LogP) is 2.99. The van der Waals surface area contributed by atoms with Crippen LogP contribution < -0.4 is 10.6 Å². The van der Waals surface area contributed by atoms with E-state index >= 15 is 0 Å². The van der Waals surface area contributed by atoms with E-state index < -0.39 is 0 Å². The minimum Gasteiger partial charge on any atom is -0.397 e. The minimum atomic E-state index is 0.497. The van der Waals surface area contributed by atoms with E-state index in [1.54, 1.807) is 0 Å². The van der Waals surface area contributed by atoms with Crippen molar-refractivity contribution in [2.24, 2.45) is 5.41 Å². The molecule has 1 fully saturated rings. The number of nitrogen functional groups attached to an aromatic ring is 1. The van der Waals surface area contributed by atoms with E-state index in [2.05, 4.69) is 23.7 Å². The van der Waals surface area contributed by atoms with E-state index in [4.69, 9.17) is 5.73 Å². The molecule has 0 aliphatic carbocycles. The Kier molecular flexibility index (Phi) is 3.27. The number of hydrogen-bond acceptors (Lipinski definition) is 3. The first-order chi connectivity index (χ1) is 8.10. The Balaban J connectivity index is 2.17. The zero-order valence-electron chi connectivity index (χ0n) is 11.2. The van der Waals surface area contributed by atoms with E-state index in [0.29, 0.717) is 5.41 Å². The van der Waals surface area contributed by atoms with E-state index in [1.807, 2.05) is 19.1 Å². The topological polar surface area (TPSA) is 42.1 Å². The summed E-state index contributed by atoms with van der Waals surface area (Å²) in [4.78, 5) is 6.99. The van der Waals surface area contributed by atoms with Gasteiger partial charge >= 0.3 is 0 Å². The maximum atomic E-state index is 5.81.